The average Bonchev–Trinajstić information content (AvgIpc) is 2.97. The first-order chi connectivity index (χ1) is 10.3. The first-order valence-electron chi connectivity index (χ1n) is 7.32. The normalized spacial score (nSPS) is 15.3. The van der Waals surface area contributed by atoms with E-state index in [4.69, 9.17) is 5.21 Å². The summed E-state index contributed by atoms with van der Waals surface area (Å²) < 4.78 is 1.78. The van der Waals surface area contributed by atoms with Crippen LogP contribution in [-0.4, -0.2) is 20.9 Å². The van der Waals surface area contributed by atoms with Crippen molar-refractivity contribution in [2.45, 2.75) is 38.1 Å². The highest BCUT2D eigenvalue weighted by Gasteiger charge is 2.26. The lowest BCUT2D eigenvalue weighted by molar-refractivity contribution is -0.133. The number of amides is 1. The number of nitrogens with zero attached hydrogens (tertiary/aromatic N) is 2. The maximum absolute atomic E-state index is 12.1. The number of aryl methyl sites for hydroxylation is 1. The van der Waals surface area contributed by atoms with Crippen molar-refractivity contribution in [3.63, 3.8) is 0 Å². The minimum atomic E-state index is -0.515. The number of carbonyl (C=O) groups excluding carboxylic acids is 1. The molecule has 1 aromatic heterocycles. The molecule has 5 heteroatoms. The summed E-state index contributed by atoms with van der Waals surface area (Å²) in [6.07, 6.45) is 6.64. The molecule has 0 bridgehead atoms. The van der Waals surface area contributed by atoms with Gasteiger partial charge in [-0.15, -0.1) is 0 Å². The maximum Gasteiger partial charge on any atom is 0.268 e. The van der Waals surface area contributed by atoms with E-state index >= 15 is 0 Å². The zero-order valence-electron chi connectivity index (χ0n) is 11.8. The van der Waals surface area contributed by atoms with Crippen molar-refractivity contribution >= 4 is 5.91 Å². The van der Waals surface area contributed by atoms with Crippen LogP contribution in [0.2, 0.25) is 0 Å². The van der Waals surface area contributed by atoms with Gasteiger partial charge in [0.25, 0.3) is 5.91 Å². The van der Waals surface area contributed by atoms with E-state index < -0.39 is 11.9 Å². The van der Waals surface area contributed by atoms with Gasteiger partial charge in [0.2, 0.25) is 0 Å². The van der Waals surface area contributed by atoms with Crippen LogP contribution < -0.4 is 5.48 Å². The molecule has 1 atom stereocenters. The zero-order chi connectivity index (χ0) is 14.7. The molecule has 110 valence electrons. The van der Waals surface area contributed by atoms with Gasteiger partial charge in [0, 0.05) is 12.1 Å². The molecule has 0 spiro atoms. The van der Waals surface area contributed by atoms with Crippen molar-refractivity contribution in [3.05, 3.63) is 53.3 Å². The van der Waals surface area contributed by atoms with Gasteiger partial charge in [-0.25, -0.2) is 5.48 Å². The molecular formula is C16H19N3O2. The molecule has 1 unspecified atom stereocenters. The maximum atomic E-state index is 12.1. The lowest BCUT2D eigenvalue weighted by atomic mass is 9.97. The van der Waals surface area contributed by atoms with Crippen molar-refractivity contribution in [2.75, 3.05) is 0 Å². The minimum Gasteiger partial charge on any atom is -0.289 e. The molecule has 21 heavy (non-hydrogen) atoms. The van der Waals surface area contributed by atoms with Crippen molar-refractivity contribution in [3.8, 4) is 0 Å². The predicted molar refractivity (Wildman–Crippen MR) is 78.0 cm³/mol. The van der Waals surface area contributed by atoms with Crippen LogP contribution in [0.5, 0.6) is 0 Å². The van der Waals surface area contributed by atoms with Crippen LogP contribution in [0.1, 0.15) is 35.7 Å². The smallest absolute Gasteiger partial charge is 0.268 e. The SMILES string of the molecule is O=C(NO)C(Cc1ccccc1)n1ncc2c1CCCC2. The van der Waals surface area contributed by atoms with Crippen LogP contribution in [-0.2, 0) is 24.1 Å². The topological polar surface area (TPSA) is 67.2 Å². The van der Waals surface area contributed by atoms with Crippen LogP contribution >= 0.6 is 0 Å². The summed E-state index contributed by atoms with van der Waals surface area (Å²) in [4.78, 5) is 12.1. The van der Waals surface area contributed by atoms with E-state index in [1.807, 2.05) is 36.5 Å². The highest BCUT2D eigenvalue weighted by atomic mass is 16.5. The lowest BCUT2D eigenvalue weighted by Crippen LogP contribution is -2.33. The molecule has 0 saturated heterocycles. The number of hydroxylamine groups is 1. The Balaban J connectivity index is 1.92. The summed E-state index contributed by atoms with van der Waals surface area (Å²) in [5.41, 5.74) is 5.19. The molecule has 3 rings (SSSR count). The van der Waals surface area contributed by atoms with E-state index in [-0.39, 0.29) is 0 Å². The average molecular weight is 285 g/mol. The van der Waals surface area contributed by atoms with Gasteiger partial charge in [0.15, 0.2) is 0 Å². The van der Waals surface area contributed by atoms with Crippen LogP contribution in [0.25, 0.3) is 0 Å². The quantitative estimate of drug-likeness (QED) is 0.667. The summed E-state index contributed by atoms with van der Waals surface area (Å²) in [5.74, 6) is -0.421. The van der Waals surface area contributed by atoms with Gasteiger partial charge in [-0.1, -0.05) is 30.3 Å². The number of aromatic nitrogens is 2. The van der Waals surface area contributed by atoms with E-state index in [1.54, 1.807) is 10.2 Å². The highest BCUT2D eigenvalue weighted by molar-refractivity contribution is 5.79. The minimum absolute atomic E-state index is 0.421. The van der Waals surface area contributed by atoms with Gasteiger partial charge < -0.3 is 0 Å². The summed E-state index contributed by atoms with van der Waals surface area (Å²) in [6, 6.07) is 9.28. The van der Waals surface area contributed by atoms with Crippen molar-refractivity contribution in [1.29, 1.82) is 0 Å². The molecule has 1 aromatic carbocycles. The van der Waals surface area contributed by atoms with Crippen LogP contribution in [0.3, 0.4) is 0 Å². The second-order valence-corrected chi connectivity index (χ2v) is 5.45. The Bertz CT molecular complexity index is 622. The van der Waals surface area contributed by atoms with Crippen LogP contribution in [0.15, 0.2) is 36.5 Å². The zero-order valence-corrected chi connectivity index (χ0v) is 11.8. The molecule has 0 fully saturated rings. The molecule has 2 N–H and O–H groups in total. The second kappa shape index (κ2) is 6.10. The third-order valence-electron chi connectivity index (χ3n) is 4.07. The number of hydrogen-bond donors (Lipinski definition) is 2. The van der Waals surface area contributed by atoms with Crippen molar-refractivity contribution in [2.24, 2.45) is 0 Å². The summed E-state index contributed by atoms with van der Waals surface area (Å²) in [5, 5.41) is 13.5. The molecular weight excluding hydrogens is 266 g/mol. The Labute approximate surface area is 123 Å². The number of carbonyl (C=O) groups is 1. The number of fused-ring (bicyclic) bond motifs is 1. The van der Waals surface area contributed by atoms with Crippen LogP contribution in [0, 0.1) is 0 Å². The number of nitrogens with one attached hydrogen (secondary N) is 1. The largest absolute Gasteiger partial charge is 0.289 e. The first-order valence-corrected chi connectivity index (χ1v) is 7.32. The first kappa shape index (κ1) is 13.8. The van der Waals surface area contributed by atoms with E-state index in [0.29, 0.717) is 6.42 Å². The molecule has 1 heterocycles. The number of benzene rings is 1. The van der Waals surface area contributed by atoms with Gasteiger partial charge in [-0.05, 0) is 36.8 Å². The Morgan fingerprint density at radius 3 is 2.81 bits per heavy atom. The molecule has 1 amide bonds. The fourth-order valence-corrected chi connectivity index (χ4v) is 2.99. The van der Waals surface area contributed by atoms with Gasteiger partial charge in [0.05, 0.1) is 6.20 Å². The Kier molecular flexibility index (Phi) is 4.01. The third kappa shape index (κ3) is 2.83. The lowest BCUT2D eigenvalue weighted by Gasteiger charge is -2.20. The van der Waals surface area contributed by atoms with Gasteiger partial charge >= 0.3 is 0 Å². The van der Waals surface area contributed by atoms with E-state index in [2.05, 4.69) is 5.10 Å². The summed E-state index contributed by atoms with van der Waals surface area (Å²) in [7, 11) is 0. The summed E-state index contributed by atoms with van der Waals surface area (Å²) >= 11 is 0. The monoisotopic (exact) mass is 285 g/mol. The van der Waals surface area contributed by atoms with E-state index in [1.165, 1.54) is 12.0 Å². The fraction of sp³-hybridized carbons (Fsp3) is 0.375. The number of hydrogen-bond acceptors (Lipinski definition) is 3. The van der Waals surface area contributed by atoms with Gasteiger partial charge in [-0.2, -0.15) is 5.10 Å². The van der Waals surface area contributed by atoms with Crippen LogP contribution in [0.4, 0.5) is 0 Å². The third-order valence-corrected chi connectivity index (χ3v) is 4.07. The van der Waals surface area contributed by atoms with Crippen molar-refractivity contribution in [1.82, 2.24) is 15.3 Å². The van der Waals surface area contributed by atoms with Gasteiger partial charge in [0.1, 0.15) is 6.04 Å². The van der Waals surface area contributed by atoms with Crippen molar-refractivity contribution < 1.29 is 10.0 Å². The van der Waals surface area contributed by atoms with E-state index in [0.717, 1.165) is 30.5 Å². The Morgan fingerprint density at radius 2 is 2.05 bits per heavy atom. The van der Waals surface area contributed by atoms with Gasteiger partial charge in [-0.3, -0.25) is 14.7 Å². The molecule has 1 aliphatic carbocycles. The highest BCUT2D eigenvalue weighted by Crippen LogP contribution is 2.25. The second-order valence-electron chi connectivity index (χ2n) is 5.45. The molecule has 0 saturated carbocycles. The fourth-order valence-electron chi connectivity index (χ4n) is 2.99. The standard InChI is InChI=1S/C16H19N3O2/c20-16(18-21)15(10-12-6-2-1-3-7-12)19-14-9-5-4-8-13(14)11-17-19/h1-3,6-7,11,15,21H,4-5,8-10H2,(H,18,20). The number of rotatable bonds is 4. The Morgan fingerprint density at radius 1 is 1.29 bits per heavy atom. The molecule has 0 radical (unpaired) electrons. The molecule has 1 aliphatic rings. The predicted octanol–water partition coefficient (Wildman–Crippen LogP) is 2.05. The Hall–Kier alpha value is -2.14. The molecule has 5 nitrogen and oxygen atoms in total. The molecule has 2 aromatic rings. The summed E-state index contributed by atoms with van der Waals surface area (Å²) in [6.45, 7) is 0. The van der Waals surface area contributed by atoms with E-state index in [9.17, 15) is 4.79 Å². The molecule has 0 aliphatic heterocycles.